The molecule has 5 nitrogen and oxygen atoms in total. The van der Waals surface area contributed by atoms with Crippen molar-refractivity contribution in [3.63, 3.8) is 0 Å². The molecule has 2 heterocycles. The van der Waals surface area contributed by atoms with Gasteiger partial charge in [-0.25, -0.2) is 0 Å². The quantitative estimate of drug-likeness (QED) is 0.269. The van der Waals surface area contributed by atoms with Crippen LogP contribution in [0.2, 0.25) is 0 Å². The van der Waals surface area contributed by atoms with E-state index in [1.54, 1.807) is 25.6 Å². The molecule has 1 fully saturated rings. The first kappa shape index (κ1) is 22.6. The third-order valence-electron chi connectivity index (χ3n) is 6.09. The summed E-state index contributed by atoms with van der Waals surface area (Å²) in [5, 5.41) is 1.21. The molecule has 1 aliphatic rings. The first-order valence-electron chi connectivity index (χ1n) is 11.6. The molecule has 6 heteroatoms. The number of ether oxygens (including phenoxy) is 4. The molecule has 0 bridgehead atoms. The molecule has 34 heavy (non-hydrogen) atoms. The summed E-state index contributed by atoms with van der Waals surface area (Å²) < 4.78 is 24.7. The van der Waals surface area contributed by atoms with E-state index in [1.165, 1.54) is 29.3 Å². The van der Waals surface area contributed by atoms with Crippen molar-refractivity contribution in [2.24, 2.45) is 0 Å². The predicted molar refractivity (Wildman–Crippen MR) is 138 cm³/mol. The first-order chi connectivity index (χ1) is 16.7. The SMILES string of the molecule is COc1cc(OC)c(-c2cc3ccccc3s2)cc1Oc1ccc(OCN2CCCCC2)cc1. The van der Waals surface area contributed by atoms with Crippen LogP contribution < -0.4 is 18.9 Å². The molecule has 0 N–H and O–H groups in total. The van der Waals surface area contributed by atoms with Crippen LogP contribution >= 0.6 is 11.3 Å². The van der Waals surface area contributed by atoms with E-state index in [-0.39, 0.29) is 0 Å². The van der Waals surface area contributed by atoms with Gasteiger partial charge in [0.25, 0.3) is 0 Å². The molecule has 0 spiro atoms. The zero-order valence-corrected chi connectivity index (χ0v) is 20.4. The summed E-state index contributed by atoms with van der Waals surface area (Å²) >= 11 is 1.73. The second-order valence-corrected chi connectivity index (χ2v) is 9.46. The Morgan fingerprint density at radius 1 is 0.765 bits per heavy atom. The fraction of sp³-hybridized carbons (Fsp3) is 0.286. The Morgan fingerprint density at radius 2 is 1.50 bits per heavy atom. The summed E-state index contributed by atoms with van der Waals surface area (Å²) in [4.78, 5) is 3.47. The Labute approximate surface area is 204 Å². The average molecular weight is 476 g/mol. The van der Waals surface area contributed by atoms with Gasteiger partial charge in [0, 0.05) is 34.3 Å². The van der Waals surface area contributed by atoms with Gasteiger partial charge in [0.2, 0.25) is 0 Å². The van der Waals surface area contributed by atoms with Crippen LogP contribution in [0.3, 0.4) is 0 Å². The number of likely N-dealkylation sites (tertiary alicyclic amines) is 1. The van der Waals surface area contributed by atoms with Crippen LogP contribution in [0, 0.1) is 0 Å². The highest BCUT2D eigenvalue weighted by molar-refractivity contribution is 7.22. The number of nitrogens with zero attached hydrogens (tertiary/aromatic N) is 1. The van der Waals surface area contributed by atoms with E-state index in [0.717, 1.165) is 40.8 Å². The van der Waals surface area contributed by atoms with E-state index >= 15 is 0 Å². The van der Waals surface area contributed by atoms with Gasteiger partial charge in [0.15, 0.2) is 11.5 Å². The van der Waals surface area contributed by atoms with Gasteiger partial charge in [-0.05, 0) is 60.7 Å². The predicted octanol–water partition coefficient (Wildman–Crippen LogP) is 7.20. The molecule has 0 unspecified atom stereocenters. The van der Waals surface area contributed by atoms with Crippen LogP contribution in [0.15, 0.2) is 66.7 Å². The molecular weight excluding hydrogens is 446 g/mol. The summed E-state index contributed by atoms with van der Waals surface area (Å²) in [5.41, 5.74) is 0.973. The van der Waals surface area contributed by atoms with Gasteiger partial charge in [0.05, 0.1) is 14.2 Å². The Bertz CT molecular complexity index is 1210. The number of hydrogen-bond donors (Lipinski definition) is 0. The molecular formula is C28H29NO4S. The van der Waals surface area contributed by atoms with Crippen molar-refractivity contribution in [2.45, 2.75) is 19.3 Å². The molecule has 176 valence electrons. The lowest BCUT2D eigenvalue weighted by molar-refractivity contribution is 0.106. The lowest BCUT2D eigenvalue weighted by atomic mass is 10.1. The van der Waals surface area contributed by atoms with E-state index in [2.05, 4.69) is 35.2 Å². The lowest BCUT2D eigenvalue weighted by Crippen LogP contribution is -2.33. The minimum absolute atomic E-state index is 0.618. The molecule has 4 aromatic rings. The molecule has 1 aliphatic heterocycles. The van der Waals surface area contributed by atoms with Crippen LogP contribution in [0.5, 0.6) is 28.7 Å². The van der Waals surface area contributed by atoms with Crippen LogP contribution in [0.1, 0.15) is 19.3 Å². The molecule has 1 saturated heterocycles. The van der Waals surface area contributed by atoms with Gasteiger partial charge in [0.1, 0.15) is 24.0 Å². The molecule has 5 rings (SSSR count). The summed E-state index contributed by atoms with van der Waals surface area (Å²) in [6, 6.07) is 22.2. The highest BCUT2D eigenvalue weighted by Crippen LogP contribution is 2.45. The van der Waals surface area contributed by atoms with Crippen LogP contribution in [-0.4, -0.2) is 38.9 Å². The van der Waals surface area contributed by atoms with Crippen molar-refractivity contribution < 1.29 is 18.9 Å². The number of piperidine rings is 1. The first-order valence-corrected chi connectivity index (χ1v) is 12.4. The van der Waals surface area contributed by atoms with E-state index in [4.69, 9.17) is 18.9 Å². The fourth-order valence-corrected chi connectivity index (χ4v) is 5.33. The van der Waals surface area contributed by atoms with Crippen LogP contribution in [0.25, 0.3) is 20.5 Å². The summed E-state index contributed by atoms with van der Waals surface area (Å²) in [7, 11) is 3.31. The summed E-state index contributed by atoms with van der Waals surface area (Å²) in [6.07, 6.45) is 3.83. The topological polar surface area (TPSA) is 40.2 Å². The van der Waals surface area contributed by atoms with Gasteiger partial charge in [-0.3, -0.25) is 4.90 Å². The third kappa shape index (κ3) is 4.98. The van der Waals surface area contributed by atoms with Crippen molar-refractivity contribution in [2.75, 3.05) is 34.0 Å². The van der Waals surface area contributed by atoms with Crippen molar-refractivity contribution in [1.82, 2.24) is 4.90 Å². The number of fused-ring (bicyclic) bond motifs is 1. The third-order valence-corrected chi connectivity index (χ3v) is 7.24. The number of thiophene rings is 1. The van der Waals surface area contributed by atoms with Gasteiger partial charge in [-0.15, -0.1) is 11.3 Å². The highest BCUT2D eigenvalue weighted by atomic mass is 32.1. The number of hydrogen-bond acceptors (Lipinski definition) is 6. The molecule has 1 aromatic heterocycles. The maximum absolute atomic E-state index is 6.24. The molecule has 0 atom stereocenters. The zero-order chi connectivity index (χ0) is 23.3. The molecule has 3 aromatic carbocycles. The van der Waals surface area contributed by atoms with Gasteiger partial charge >= 0.3 is 0 Å². The second-order valence-electron chi connectivity index (χ2n) is 8.38. The molecule has 0 aliphatic carbocycles. The monoisotopic (exact) mass is 475 g/mol. The molecule has 0 radical (unpaired) electrons. The van der Waals surface area contributed by atoms with Crippen molar-refractivity contribution in [3.8, 4) is 39.2 Å². The molecule has 0 saturated carbocycles. The number of methoxy groups -OCH3 is 2. The smallest absolute Gasteiger partial charge is 0.170 e. The summed E-state index contributed by atoms with van der Waals surface area (Å²) in [6.45, 7) is 2.85. The zero-order valence-electron chi connectivity index (χ0n) is 19.6. The van der Waals surface area contributed by atoms with E-state index in [1.807, 2.05) is 36.4 Å². The maximum Gasteiger partial charge on any atom is 0.170 e. The Hall–Kier alpha value is -3.22. The average Bonchev–Trinajstić information content (AvgIpc) is 3.33. The minimum atomic E-state index is 0.618. The van der Waals surface area contributed by atoms with Crippen molar-refractivity contribution >= 4 is 21.4 Å². The molecule has 0 amide bonds. The largest absolute Gasteiger partial charge is 0.496 e. The fourth-order valence-electron chi connectivity index (χ4n) is 4.24. The standard InChI is InChI=1S/C28H29NO4S/c1-30-24-18-25(31-2)26(17-23(24)28-16-20-8-4-5-9-27(20)34-28)33-22-12-10-21(11-13-22)32-19-29-14-6-3-7-15-29/h4-5,8-13,16-18H,3,6-7,14-15,19H2,1-2H3. The van der Waals surface area contributed by atoms with E-state index < -0.39 is 0 Å². The van der Waals surface area contributed by atoms with Gasteiger partial charge in [-0.1, -0.05) is 24.6 Å². The highest BCUT2D eigenvalue weighted by Gasteiger charge is 2.17. The maximum atomic E-state index is 6.24. The van der Waals surface area contributed by atoms with Crippen molar-refractivity contribution in [1.29, 1.82) is 0 Å². The normalized spacial score (nSPS) is 14.2. The second kappa shape index (κ2) is 10.4. The van der Waals surface area contributed by atoms with Gasteiger partial charge < -0.3 is 18.9 Å². The lowest BCUT2D eigenvalue weighted by Gasteiger charge is -2.26. The van der Waals surface area contributed by atoms with Crippen LogP contribution in [-0.2, 0) is 0 Å². The van der Waals surface area contributed by atoms with E-state index in [0.29, 0.717) is 18.2 Å². The Morgan fingerprint density at radius 3 is 2.24 bits per heavy atom. The summed E-state index contributed by atoms with van der Waals surface area (Å²) in [5.74, 6) is 3.56. The van der Waals surface area contributed by atoms with E-state index in [9.17, 15) is 0 Å². The van der Waals surface area contributed by atoms with Crippen LogP contribution in [0.4, 0.5) is 0 Å². The minimum Gasteiger partial charge on any atom is -0.496 e. The Kier molecular flexibility index (Phi) is 6.88. The van der Waals surface area contributed by atoms with Crippen molar-refractivity contribution in [3.05, 3.63) is 66.7 Å². The number of benzene rings is 3. The number of rotatable bonds is 8. The Balaban J connectivity index is 1.36. The van der Waals surface area contributed by atoms with Gasteiger partial charge in [-0.2, -0.15) is 0 Å².